The molecule has 2 fully saturated rings. The van der Waals surface area contributed by atoms with Gasteiger partial charge in [-0.15, -0.1) is 0 Å². The van der Waals surface area contributed by atoms with Gasteiger partial charge in [0, 0.05) is 6.08 Å². The molecule has 0 aliphatic heterocycles. The second kappa shape index (κ2) is 3.36. The van der Waals surface area contributed by atoms with E-state index in [1.807, 2.05) is 0 Å². The number of rotatable bonds is 2. The largest absolute Gasteiger partial charge is 0.481 e. The molecule has 15 heavy (non-hydrogen) atoms. The van der Waals surface area contributed by atoms with Gasteiger partial charge in [0.1, 0.15) is 0 Å². The Bertz CT molecular complexity index is 344. The molecule has 2 aliphatic rings. The van der Waals surface area contributed by atoms with Gasteiger partial charge in [0.2, 0.25) is 0 Å². The standard InChI is InChI=1S/C11H14O4/c12-9(13)4-8-6-11(10(14)15)3-1-2-7(8)5-11/h4,7H,1-3,5-6H2,(H,12,13)(H,14,15). The fraction of sp³-hybridized carbons (Fsp3) is 0.636. The van der Waals surface area contributed by atoms with E-state index in [0.29, 0.717) is 19.3 Å². The third kappa shape index (κ3) is 1.64. The minimum atomic E-state index is -0.960. The lowest BCUT2D eigenvalue weighted by Crippen LogP contribution is -2.30. The molecule has 2 atom stereocenters. The lowest BCUT2D eigenvalue weighted by Gasteiger charge is -2.27. The first-order valence-electron chi connectivity index (χ1n) is 5.20. The highest BCUT2D eigenvalue weighted by Crippen LogP contribution is 2.54. The first-order chi connectivity index (χ1) is 7.03. The van der Waals surface area contributed by atoms with Gasteiger partial charge in [-0.05, 0) is 31.6 Å². The van der Waals surface area contributed by atoms with Crippen LogP contribution in [0.4, 0.5) is 0 Å². The molecule has 0 aromatic carbocycles. The van der Waals surface area contributed by atoms with Gasteiger partial charge in [0.05, 0.1) is 5.41 Å². The Labute approximate surface area is 87.6 Å². The van der Waals surface area contributed by atoms with Crippen molar-refractivity contribution in [2.24, 2.45) is 11.3 Å². The molecule has 2 rings (SSSR count). The highest BCUT2D eigenvalue weighted by molar-refractivity contribution is 5.82. The van der Waals surface area contributed by atoms with Crippen molar-refractivity contribution in [1.29, 1.82) is 0 Å². The van der Waals surface area contributed by atoms with Gasteiger partial charge in [-0.2, -0.15) is 0 Å². The minimum absolute atomic E-state index is 0.186. The van der Waals surface area contributed by atoms with E-state index < -0.39 is 17.4 Å². The SMILES string of the molecule is O=C(O)C=C1CC2(C(=O)O)CCCC1C2. The zero-order valence-electron chi connectivity index (χ0n) is 8.40. The molecule has 4 heteroatoms. The zero-order chi connectivity index (χ0) is 11.1. The van der Waals surface area contributed by atoms with E-state index in [-0.39, 0.29) is 5.92 Å². The maximum atomic E-state index is 11.2. The average Bonchev–Trinajstić information content (AvgIpc) is 2.39. The van der Waals surface area contributed by atoms with E-state index >= 15 is 0 Å². The Hall–Kier alpha value is -1.32. The third-order valence-corrected chi connectivity index (χ3v) is 3.67. The molecule has 2 bridgehead atoms. The number of hydrogen-bond donors (Lipinski definition) is 2. The third-order valence-electron chi connectivity index (χ3n) is 3.67. The Morgan fingerprint density at radius 1 is 1.40 bits per heavy atom. The van der Waals surface area contributed by atoms with Crippen molar-refractivity contribution < 1.29 is 19.8 Å². The molecule has 0 spiro atoms. The summed E-state index contributed by atoms with van der Waals surface area (Å²) in [5, 5.41) is 17.9. The summed E-state index contributed by atoms with van der Waals surface area (Å²) in [7, 11) is 0. The van der Waals surface area contributed by atoms with Gasteiger partial charge >= 0.3 is 11.9 Å². The topological polar surface area (TPSA) is 74.6 Å². The smallest absolute Gasteiger partial charge is 0.328 e. The molecule has 0 aromatic rings. The first-order valence-corrected chi connectivity index (χ1v) is 5.20. The first kappa shape index (κ1) is 10.2. The molecule has 0 amide bonds. The monoisotopic (exact) mass is 210 g/mol. The van der Waals surface area contributed by atoms with Crippen LogP contribution in [-0.2, 0) is 9.59 Å². The predicted octanol–water partition coefficient (Wildman–Crippen LogP) is 1.66. The second-order valence-corrected chi connectivity index (χ2v) is 4.61. The number of allylic oxidation sites excluding steroid dienone is 1. The number of carboxylic acid groups (broad SMARTS) is 2. The van der Waals surface area contributed by atoms with Gasteiger partial charge in [-0.25, -0.2) is 4.79 Å². The molecule has 2 N–H and O–H groups in total. The lowest BCUT2D eigenvalue weighted by molar-refractivity contribution is -0.150. The van der Waals surface area contributed by atoms with E-state index in [4.69, 9.17) is 5.11 Å². The maximum absolute atomic E-state index is 11.2. The summed E-state index contributed by atoms with van der Waals surface area (Å²) in [4.78, 5) is 21.8. The van der Waals surface area contributed by atoms with Crippen molar-refractivity contribution >= 4 is 11.9 Å². The van der Waals surface area contributed by atoms with Gasteiger partial charge in [-0.1, -0.05) is 12.0 Å². The average molecular weight is 210 g/mol. The summed E-state index contributed by atoms with van der Waals surface area (Å²) < 4.78 is 0. The Kier molecular flexibility index (Phi) is 2.29. The maximum Gasteiger partial charge on any atom is 0.328 e. The van der Waals surface area contributed by atoms with Gasteiger partial charge in [-0.3, -0.25) is 4.79 Å². The Balaban J connectivity index is 2.28. The van der Waals surface area contributed by atoms with Crippen LogP contribution in [0, 0.1) is 11.3 Å². The van der Waals surface area contributed by atoms with Gasteiger partial charge in [0.15, 0.2) is 0 Å². The molecular weight excluding hydrogens is 196 g/mol. The highest BCUT2D eigenvalue weighted by Gasteiger charge is 2.50. The normalized spacial score (nSPS) is 36.8. The molecule has 0 saturated heterocycles. The highest BCUT2D eigenvalue weighted by atomic mass is 16.4. The summed E-state index contributed by atoms with van der Waals surface area (Å²) >= 11 is 0. The molecule has 2 aliphatic carbocycles. The van der Waals surface area contributed by atoms with Crippen molar-refractivity contribution in [3.8, 4) is 0 Å². The van der Waals surface area contributed by atoms with E-state index in [0.717, 1.165) is 18.4 Å². The predicted molar refractivity (Wildman–Crippen MR) is 52.4 cm³/mol. The second-order valence-electron chi connectivity index (χ2n) is 4.61. The number of hydrogen-bond acceptors (Lipinski definition) is 2. The van der Waals surface area contributed by atoms with Crippen molar-refractivity contribution in [3.05, 3.63) is 11.6 Å². The molecule has 2 unspecified atom stereocenters. The summed E-state index contributed by atoms with van der Waals surface area (Å²) in [6.07, 6.45) is 4.79. The molecule has 4 nitrogen and oxygen atoms in total. The summed E-state index contributed by atoms with van der Waals surface area (Å²) in [5.41, 5.74) is 0.159. The molecule has 0 radical (unpaired) electrons. The van der Waals surface area contributed by atoms with Gasteiger partial charge < -0.3 is 10.2 Å². The van der Waals surface area contributed by atoms with Crippen molar-refractivity contribution in [2.75, 3.05) is 0 Å². The fourth-order valence-corrected chi connectivity index (χ4v) is 2.97. The van der Waals surface area contributed by atoms with Crippen LogP contribution in [0.15, 0.2) is 11.6 Å². The molecule has 2 saturated carbocycles. The summed E-state index contributed by atoms with van der Waals surface area (Å²) in [5.74, 6) is -1.54. The number of carboxylic acids is 2. The van der Waals surface area contributed by atoms with Gasteiger partial charge in [0.25, 0.3) is 0 Å². The molecule has 0 aromatic heterocycles. The fourth-order valence-electron chi connectivity index (χ4n) is 2.97. The zero-order valence-corrected chi connectivity index (χ0v) is 8.40. The lowest BCUT2D eigenvalue weighted by atomic mass is 9.76. The van der Waals surface area contributed by atoms with E-state index in [1.54, 1.807) is 0 Å². The van der Waals surface area contributed by atoms with Crippen LogP contribution in [0.1, 0.15) is 32.1 Å². The van der Waals surface area contributed by atoms with E-state index in [1.165, 1.54) is 6.08 Å². The van der Waals surface area contributed by atoms with E-state index in [9.17, 15) is 14.7 Å². The van der Waals surface area contributed by atoms with Crippen molar-refractivity contribution in [3.63, 3.8) is 0 Å². The summed E-state index contributed by atoms with van der Waals surface area (Å²) in [6.45, 7) is 0. The van der Waals surface area contributed by atoms with Crippen LogP contribution in [0.3, 0.4) is 0 Å². The number of carbonyl (C=O) groups is 2. The Morgan fingerprint density at radius 2 is 2.13 bits per heavy atom. The molecule has 0 heterocycles. The summed E-state index contributed by atoms with van der Waals surface area (Å²) in [6, 6.07) is 0. The van der Waals surface area contributed by atoms with Crippen LogP contribution >= 0.6 is 0 Å². The number of fused-ring (bicyclic) bond motifs is 2. The quantitative estimate of drug-likeness (QED) is 0.680. The van der Waals surface area contributed by atoms with E-state index in [2.05, 4.69) is 0 Å². The number of aliphatic carboxylic acids is 2. The van der Waals surface area contributed by atoms with Crippen LogP contribution in [0.25, 0.3) is 0 Å². The minimum Gasteiger partial charge on any atom is -0.481 e. The van der Waals surface area contributed by atoms with Crippen LogP contribution < -0.4 is 0 Å². The Morgan fingerprint density at radius 3 is 2.67 bits per heavy atom. The van der Waals surface area contributed by atoms with Crippen LogP contribution in [0.5, 0.6) is 0 Å². The van der Waals surface area contributed by atoms with Crippen molar-refractivity contribution in [1.82, 2.24) is 0 Å². The van der Waals surface area contributed by atoms with Crippen molar-refractivity contribution in [2.45, 2.75) is 32.1 Å². The molecular formula is C11H14O4. The van der Waals surface area contributed by atoms with Crippen LogP contribution in [0.2, 0.25) is 0 Å². The van der Waals surface area contributed by atoms with Crippen LogP contribution in [-0.4, -0.2) is 22.2 Å². The molecule has 82 valence electrons.